The first-order valence-corrected chi connectivity index (χ1v) is 12.2. The Morgan fingerprint density at radius 1 is 0.947 bits per heavy atom. The van der Waals surface area contributed by atoms with E-state index in [1.165, 1.54) is 29.2 Å². The first-order valence-electron chi connectivity index (χ1n) is 12.2. The SMILES string of the molecule is CN(C)CCCCNC(=O)c1cnc(-c2cccc(Cn3nc(-c4cc(F)cc(F)c4)ccc3=O)c2)nc1. The summed E-state index contributed by atoms with van der Waals surface area (Å²) >= 11 is 0. The van der Waals surface area contributed by atoms with Gasteiger partial charge >= 0.3 is 0 Å². The van der Waals surface area contributed by atoms with Gasteiger partial charge < -0.3 is 10.2 Å². The van der Waals surface area contributed by atoms with Crippen molar-refractivity contribution in [2.24, 2.45) is 0 Å². The maximum Gasteiger partial charge on any atom is 0.267 e. The average molecular weight is 519 g/mol. The molecule has 0 aliphatic heterocycles. The number of aromatic nitrogens is 4. The van der Waals surface area contributed by atoms with E-state index in [1.807, 2.05) is 32.3 Å². The highest BCUT2D eigenvalue weighted by Gasteiger charge is 2.10. The van der Waals surface area contributed by atoms with Crippen LogP contribution >= 0.6 is 0 Å². The summed E-state index contributed by atoms with van der Waals surface area (Å²) in [5.41, 5.74) is 1.98. The van der Waals surface area contributed by atoms with Gasteiger partial charge in [-0.3, -0.25) is 9.59 Å². The van der Waals surface area contributed by atoms with Crippen LogP contribution in [0.5, 0.6) is 0 Å². The zero-order valence-corrected chi connectivity index (χ0v) is 21.2. The van der Waals surface area contributed by atoms with Crippen LogP contribution in [-0.4, -0.2) is 57.7 Å². The Balaban J connectivity index is 1.45. The van der Waals surface area contributed by atoms with E-state index < -0.39 is 11.6 Å². The molecule has 1 amide bonds. The lowest BCUT2D eigenvalue weighted by Crippen LogP contribution is -2.25. The number of hydrogen-bond acceptors (Lipinski definition) is 6. The molecule has 196 valence electrons. The van der Waals surface area contributed by atoms with Gasteiger partial charge in [-0.2, -0.15) is 5.10 Å². The zero-order valence-electron chi connectivity index (χ0n) is 21.2. The van der Waals surface area contributed by atoms with Crippen LogP contribution in [0, 0.1) is 11.6 Å². The van der Waals surface area contributed by atoms with E-state index in [0.29, 0.717) is 23.5 Å². The molecule has 0 unspecified atom stereocenters. The lowest BCUT2D eigenvalue weighted by Gasteiger charge is -2.10. The van der Waals surface area contributed by atoms with Gasteiger partial charge in [-0.05, 0) is 63.3 Å². The molecule has 0 spiro atoms. The van der Waals surface area contributed by atoms with Crippen molar-refractivity contribution in [3.05, 3.63) is 100 Å². The number of hydrogen-bond donors (Lipinski definition) is 1. The molecule has 2 aromatic heterocycles. The van der Waals surface area contributed by atoms with Gasteiger partial charge in [0.1, 0.15) is 11.6 Å². The molecular weight excluding hydrogens is 490 g/mol. The first kappa shape index (κ1) is 26.7. The largest absolute Gasteiger partial charge is 0.352 e. The van der Waals surface area contributed by atoms with Crippen molar-refractivity contribution in [2.45, 2.75) is 19.4 Å². The normalized spacial score (nSPS) is 11.1. The molecule has 8 nitrogen and oxygen atoms in total. The average Bonchev–Trinajstić information content (AvgIpc) is 2.89. The van der Waals surface area contributed by atoms with E-state index in [0.717, 1.165) is 43.1 Å². The van der Waals surface area contributed by atoms with Crippen LogP contribution in [0.1, 0.15) is 28.8 Å². The maximum atomic E-state index is 13.7. The van der Waals surface area contributed by atoms with E-state index in [9.17, 15) is 18.4 Å². The van der Waals surface area contributed by atoms with Crippen molar-refractivity contribution in [3.8, 4) is 22.6 Å². The molecule has 0 radical (unpaired) electrons. The highest BCUT2D eigenvalue weighted by atomic mass is 19.1. The van der Waals surface area contributed by atoms with Crippen LogP contribution in [0.3, 0.4) is 0 Å². The van der Waals surface area contributed by atoms with Crippen LogP contribution in [0.2, 0.25) is 0 Å². The Labute approximate surface area is 219 Å². The predicted molar refractivity (Wildman–Crippen MR) is 141 cm³/mol. The fourth-order valence-electron chi connectivity index (χ4n) is 3.85. The van der Waals surface area contributed by atoms with Gasteiger partial charge in [0.05, 0.1) is 17.8 Å². The highest BCUT2D eigenvalue weighted by Crippen LogP contribution is 2.20. The van der Waals surface area contributed by atoms with Crippen molar-refractivity contribution in [1.82, 2.24) is 30.0 Å². The highest BCUT2D eigenvalue weighted by molar-refractivity contribution is 5.93. The minimum absolute atomic E-state index is 0.132. The molecule has 4 aromatic rings. The third kappa shape index (κ3) is 7.13. The molecular formula is C28H28F2N6O2. The Morgan fingerprint density at radius 3 is 2.39 bits per heavy atom. The van der Waals surface area contributed by atoms with Crippen molar-refractivity contribution in [3.63, 3.8) is 0 Å². The van der Waals surface area contributed by atoms with Gasteiger partial charge in [0.15, 0.2) is 5.82 Å². The zero-order chi connectivity index (χ0) is 27.1. The fraction of sp³-hybridized carbons (Fsp3) is 0.250. The van der Waals surface area contributed by atoms with Crippen molar-refractivity contribution < 1.29 is 13.6 Å². The summed E-state index contributed by atoms with van der Waals surface area (Å²) in [6, 6.07) is 13.1. The molecule has 38 heavy (non-hydrogen) atoms. The molecule has 1 N–H and O–H groups in total. The number of amides is 1. The van der Waals surface area contributed by atoms with Crippen LogP contribution in [0.4, 0.5) is 8.78 Å². The van der Waals surface area contributed by atoms with E-state index in [-0.39, 0.29) is 29.3 Å². The number of carbonyl (C=O) groups is 1. The summed E-state index contributed by atoms with van der Waals surface area (Å²) in [6.45, 7) is 1.68. The summed E-state index contributed by atoms with van der Waals surface area (Å²) in [7, 11) is 4.03. The van der Waals surface area contributed by atoms with Crippen molar-refractivity contribution in [1.29, 1.82) is 0 Å². The van der Waals surface area contributed by atoms with Gasteiger partial charge in [0, 0.05) is 42.2 Å². The Hall–Kier alpha value is -4.31. The first-order chi connectivity index (χ1) is 18.3. The van der Waals surface area contributed by atoms with E-state index in [4.69, 9.17) is 0 Å². The predicted octanol–water partition coefficient (Wildman–Crippen LogP) is 3.77. The quantitative estimate of drug-likeness (QED) is 0.322. The second-order valence-corrected chi connectivity index (χ2v) is 9.13. The van der Waals surface area contributed by atoms with Gasteiger partial charge in [-0.15, -0.1) is 0 Å². The number of nitrogens with one attached hydrogen (secondary N) is 1. The second kappa shape index (κ2) is 12.3. The Morgan fingerprint density at radius 2 is 1.68 bits per heavy atom. The third-order valence-electron chi connectivity index (χ3n) is 5.77. The Bertz CT molecular complexity index is 1450. The van der Waals surface area contributed by atoms with Crippen LogP contribution in [-0.2, 0) is 6.54 Å². The Kier molecular flexibility index (Phi) is 8.65. The lowest BCUT2D eigenvalue weighted by molar-refractivity contribution is 0.0952. The maximum absolute atomic E-state index is 13.7. The smallest absolute Gasteiger partial charge is 0.267 e. The molecule has 0 saturated heterocycles. The van der Waals surface area contributed by atoms with E-state index >= 15 is 0 Å². The van der Waals surface area contributed by atoms with Gasteiger partial charge in [-0.1, -0.05) is 18.2 Å². The molecule has 0 saturated carbocycles. The van der Waals surface area contributed by atoms with Gasteiger partial charge in [-0.25, -0.2) is 23.4 Å². The summed E-state index contributed by atoms with van der Waals surface area (Å²) in [5, 5.41) is 7.17. The monoisotopic (exact) mass is 518 g/mol. The van der Waals surface area contributed by atoms with Crippen LogP contribution in [0.15, 0.2) is 71.8 Å². The van der Waals surface area contributed by atoms with E-state index in [2.05, 4.69) is 25.3 Å². The molecule has 2 heterocycles. The van der Waals surface area contributed by atoms with Gasteiger partial charge in [0.2, 0.25) is 0 Å². The van der Waals surface area contributed by atoms with E-state index in [1.54, 1.807) is 6.07 Å². The van der Waals surface area contributed by atoms with Crippen LogP contribution in [0.25, 0.3) is 22.6 Å². The summed E-state index contributed by atoms with van der Waals surface area (Å²) < 4.78 is 28.5. The number of carbonyl (C=O) groups excluding carboxylic acids is 1. The number of nitrogens with zero attached hydrogens (tertiary/aromatic N) is 5. The summed E-state index contributed by atoms with van der Waals surface area (Å²) in [4.78, 5) is 35.6. The standard InChI is InChI=1S/C28H28F2N6O2/c1-35(2)11-4-3-10-31-28(38)22-16-32-27(33-17-22)20-7-5-6-19(12-20)18-36-26(37)9-8-25(34-36)21-13-23(29)15-24(30)14-21/h5-9,12-17H,3-4,10-11,18H2,1-2H3,(H,31,38). The number of unbranched alkanes of at least 4 members (excludes halogenated alkanes) is 1. The van der Waals surface area contributed by atoms with Crippen LogP contribution < -0.4 is 10.9 Å². The minimum atomic E-state index is -0.726. The molecule has 10 heteroatoms. The third-order valence-corrected chi connectivity index (χ3v) is 5.77. The molecule has 0 aliphatic rings. The number of halogens is 2. The second-order valence-electron chi connectivity index (χ2n) is 9.13. The van der Waals surface area contributed by atoms with Crippen molar-refractivity contribution >= 4 is 5.91 Å². The van der Waals surface area contributed by atoms with Gasteiger partial charge in [0.25, 0.3) is 11.5 Å². The molecule has 0 aliphatic carbocycles. The molecule has 0 atom stereocenters. The topological polar surface area (TPSA) is 93.0 Å². The summed E-state index contributed by atoms with van der Waals surface area (Å²) in [6.07, 6.45) is 4.85. The minimum Gasteiger partial charge on any atom is -0.352 e. The fourth-order valence-corrected chi connectivity index (χ4v) is 3.85. The molecule has 0 bridgehead atoms. The molecule has 0 fully saturated rings. The molecule has 2 aromatic carbocycles. The summed E-state index contributed by atoms with van der Waals surface area (Å²) in [5.74, 6) is -1.25. The lowest BCUT2D eigenvalue weighted by atomic mass is 10.1. The number of rotatable bonds is 10. The van der Waals surface area contributed by atoms with Crippen molar-refractivity contribution in [2.75, 3.05) is 27.2 Å². The number of benzene rings is 2. The molecule has 4 rings (SSSR count).